The average molecular weight is 755 g/mol. The van der Waals surface area contributed by atoms with Crippen molar-refractivity contribution < 1.29 is 48.9 Å². The number of nitrogen functional groups attached to an aromatic ring is 1. The number of benzene rings is 5. The summed E-state index contributed by atoms with van der Waals surface area (Å²) in [4.78, 5) is 8.22. The van der Waals surface area contributed by atoms with Crippen molar-refractivity contribution in [1.29, 1.82) is 0 Å². The first-order valence-corrected chi connectivity index (χ1v) is 18.1. The molecule has 0 unspecified atom stereocenters. The molecule has 5 rings (SSSR count). The molecule has 0 aliphatic carbocycles. The molecule has 5 aromatic rings. The first-order valence-electron chi connectivity index (χ1n) is 13.8. The lowest BCUT2D eigenvalue weighted by atomic mass is 10.1. The number of phenols is 1. The molecule has 18 nitrogen and oxygen atoms in total. The highest BCUT2D eigenvalue weighted by Crippen LogP contribution is 2.40. The molecule has 0 saturated carbocycles. The van der Waals surface area contributed by atoms with Crippen molar-refractivity contribution >= 4 is 87.4 Å². The lowest BCUT2D eigenvalue weighted by molar-refractivity contribution is -0.385. The number of non-ortho nitro benzene ring substituents is 1. The van der Waals surface area contributed by atoms with Crippen molar-refractivity contribution in [3.05, 3.63) is 106 Å². The number of nitro benzene ring substituents is 1. The Balaban J connectivity index is 1.39. The smallest absolute Gasteiger partial charge is 0.295 e. The predicted octanol–water partition coefficient (Wildman–Crippen LogP) is 6.78. The quantitative estimate of drug-likeness (QED) is 0.0245. The standard InChI is InChI=1S/C30H22N6O12S3/c31-25-12-5-19-13-24(49(40,41)42)16-26(37)29(19)30(25)35-33-21-9-7-20(8-10-21)32-34-22-6-3-17(27(14-22)50(43,44)45)1-2-18-4-11-23(36(38)39)15-28(18)51(46,47)48/h1-16,37H,31H2,(H,40,41,42)(H,43,44,45)(H,46,47,48)/b2-1+,34-32?,35-33?. The molecule has 0 aromatic heterocycles. The van der Waals surface area contributed by atoms with Crippen molar-refractivity contribution in [1.82, 2.24) is 0 Å². The first-order chi connectivity index (χ1) is 23.8. The third-order valence-corrected chi connectivity index (χ3v) is 9.62. The number of nitrogens with two attached hydrogens (primary N) is 1. The topological polar surface area (TPSA) is 302 Å². The molecule has 0 radical (unpaired) electrons. The van der Waals surface area contributed by atoms with E-state index >= 15 is 0 Å². The average Bonchev–Trinajstić information content (AvgIpc) is 3.05. The molecule has 0 fully saturated rings. The van der Waals surface area contributed by atoms with Crippen LogP contribution in [-0.2, 0) is 30.4 Å². The van der Waals surface area contributed by atoms with E-state index in [1.807, 2.05) is 0 Å². The fourth-order valence-electron chi connectivity index (χ4n) is 4.60. The molecule has 0 spiro atoms. The van der Waals surface area contributed by atoms with Crippen LogP contribution in [0, 0.1) is 10.1 Å². The van der Waals surface area contributed by atoms with Gasteiger partial charge >= 0.3 is 0 Å². The number of nitro groups is 1. The second-order valence-electron chi connectivity index (χ2n) is 10.4. The van der Waals surface area contributed by atoms with Gasteiger partial charge < -0.3 is 10.8 Å². The third-order valence-electron chi connectivity index (χ3n) is 6.97. The summed E-state index contributed by atoms with van der Waals surface area (Å²) in [7, 11) is -14.4. The Hall–Kier alpha value is -5.97. The minimum Gasteiger partial charge on any atom is -0.507 e. The van der Waals surface area contributed by atoms with Crippen LogP contribution in [0.1, 0.15) is 11.1 Å². The Kier molecular flexibility index (Phi) is 9.78. The molecule has 0 bridgehead atoms. The van der Waals surface area contributed by atoms with Crippen molar-refractivity contribution in [2.24, 2.45) is 20.5 Å². The van der Waals surface area contributed by atoms with Gasteiger partial charge in [-0.25, -0.2) is 0 Å². The van der Waals surface area contributed by atoms with Crippen LogP contribution in [0.3, 0.4) is 0 Å². The second kappa shape index (κ2) is 13.7. The lowest BCUT2D eigenvalue weighted by Gasteiger charge is -2.08. The number of phenolic OH excluding ortho intramolecular Hbond substituents is 1. The molecule has 0 heterocycles. The van der Waals surface area contributed by atoms with Crippen molar-refractivity contribution in [2.45, 2.75) is 14.7 Å². The van der Waals surface area contributed by atoms with Crippen LogP contribution in [0.25, 0.3) is 22.9 Å². The normalized spacial score (nSPS) is 12.8. The number of rotatable bonds is 10. The highest BCUT2D eigenvalue weighted by atomic mass is 32.2. The number of azo groups is 2. The van der Waals surface area contributed by atoms with Crippen LogP contribution in [0.15, 0.2) is 120 Å². The second-order valence-corrected chi connectivity index (χ2v) is 14.6. The van der Waals surface area contributed by atoms with E-state index < -0.39 is 61.4 Å². The summed E-state index contributed by atoms with van der Waals surface area (Å²) >= 11 is 0. The van der Waals surface area contributed by atoms with E-state index in [0.29, 0.717) is 11.8 Å². The largest absolute Gasteiger partial charge is 0.507 e. The number of hydrogen-bond acceptors (Lipinski definition) is 14. The Morgan fingerprint density at radius 2 is 1.14 bits per heavy atom. The minimum absolute atomic E-state index is 0.0131. The molecule has 51 heavy (non-hydrogen) atoms. The van der Waals surface area contributed by atoms with E-state index in [0.717, 1.165) is 42.5 Å². The number of aromatic hydroxyl groups is 1. The van der Waals surface area contributed by atoms with Crippen LogP contribution in [0.5, 0.6) is 5.75 Å². The zero-order valence-corrected chi connectivity index (χ0v) is 27.8. The Labute approximate surface area is 288 Å². The molecule has 262 valence electrons. The summed E-state index contributed by atoms with van der Waals surface area (Å²) < 4.78 is 99.7. The first kappa shape index (κ1) is 36.3. The van der Waals surface area contributed by atoms with Crippen LogP contribution >= 0.6 is 0 Å². The van der Waals surface area contributed by atoms with Gasteiger partial charge in [0.2, 0.25) is 0 Å². The molecule has 5 aromatic carbocycles. The van der Waals surface area contributed by atoms with Crippen LogP contribution in [0.4, 0.5) is 34.1 Å². The number of nitrogens with zero attached hydrogens (tertiary/aromatic N) is 5. The summed E-state index contributed by atoms with van der Waals surface area (Å²) in [5.74, 6) is -0.505. The van der Waals surface area contributed by atoms with Gasteiger partial charge in [0.15, 0.2) is 0 Å². The highest BCUT2D eigenvalue weighted by molar-refractivity contribution is 7.86. The van der Waals surface area contributed by atoms with E-state index in [9.17, 15) is 54.1 Å². The maximum absolute atomic E-state index is 12.2. The van der Waals surface area contributed by atoms with Gasteiger partial charge in [-0.3, -0.25) is 23.8 Å². The molecule has 0 aliphatic heterocycles. The molecule has 0 aliphatic rings. The zero-order chi connectivity index (χ0) is 37.3. The van der Waals surface area contributed by atoms with E-state index in [1.54, 1.807) is 0 Å². The third kappa shape index (κ3) is 8.43. The van der Waals surface area contributed by atoms with E-state index in [-0.39, 0.29) is 44.6 Å². The van der Waals surface area contributed by atoms with Crippen molar-refractivity contribution in [3.8, 4) is 5.75 Å². The highest BCUT2D eigenvalue weighted by Gasteiger charge is 2.20. The van der Waals surface area contributed by atoms with Gasteiger partial charge in [-0.1, -0.05) is 24.3 Å². The Bertz CT molecular complexity index is 2660. The van der Waals surface area contributed by atoms with E-state index in [4.69, 9.17) is 5.73 Å². The SMILES string of the molecule is Nc1ccc2cc(S(=O)(=O)O)cc(O)c2c1N=Nc1ccc(N=Nc2ccc(/C=C/c3ccc([N+](=O)[O-])cc3S(=O)(=O)O)c(S(=O)(=O)O)c2)cc1. The number of fused-ring (bicyclic) bond motifs is 1. The summed E-state index contributed by atoms with van der Waals surface area (Å²) in [6, 6.07) is 17.0. The van der Waals surface area contributed by atoms with Gasteiger partial charge in [-0.05, 0) is 71.1 Å². The van der Waals surface area contributed by atoms with Gasteiger partial charge in [0.1, 0.15) is 21.2 Å². The number of hydrogen-bond donors (Lipinski definition) is 5. The lowest BCUT2D eigenvalue weighted by Crippen LogP contribution is -2.02. The molecule has 6 N–H and O–H groups in total. The molecule has 0 atom stereocenters. The van der Waals surface area contributed by atoms with Gasteiger partial charge in [0, 0.05) is 18.2 Å². The summed E-state index contributed by atoms with van der Waals surface area (Å²) in [5, 5.41) is 38.0. The molecule has 21 heteroatoms. The van der Waals surface area contributed by atoms with E-state index in [2.05, 4.69) is 20.5 Å². The summed E-state index contributed by atoms with van der Waals surface area (Å²) in [5.41, 5.74) is 5.81. The van der Waals surface area contributed by atoms with Crippen molar-refractivity contribution in [3.63, 3.8) is 0 Å². The fourth-order valence-corrected chi connectivity index (χ4v) is 6.55. The zero-order valence-electron chi connectivity index (χ0n) is 25.3. The van der Waals surface area contributed by atoms with Crippen molar-refractivity contribution in [2.75, 3.05) is 5.73 Å². The van der Waals surface area contributed by atoms with Gasteiger partial charge in [0.25, 0.3) is 36.0 Å². The minimum atomic E-state index is -4.91. The monoisotopic (exact) mass is 754 g/mol. The van der Waals surface area contributed by atoms with Crippen LogP contribution in [-0.4, -0.2) is 48.9 Å². The Morgan fingerprint density at radius 3 is 1.69 bits per heavy atom. The van der Waals surface area contributed by atoms with Gasteiger partial charge in [-0.2, -0.15) is 40.6 Å². The van der Waals surface area contributed by atoms with Crippen LogP contribution in [0.2, 0.25) is 0 Å². The van der Waals surface area contributed by atoms with E-state index in [1.165, 1.54) is 48.5 Å². The maximum Gasteiger partial charge on any atom is 0.295 e. The summed E-state index contributed by atoms with van der Waals surface area (Å²) in [6.07, 6.45) is 2.19. The van der Waals surface area contributed by atoms with Gasteiger partial charge in [0.05, 0.1) is 38.0 Å². The number of anilines is 1. The van der Waals surface area contributed by atoms with Gasteiger partial charge in [-0.15, -0.1) is 5.11 Å². The molecular formula is C30H22N6O12S3. The summed E-state index contributed by atoms with van der Waals surface area (Å²) in [6.45, 7) is 0. The fraction of sp³-hybridized carbons (Fsp3) is 0. The maximum atomic E-state index is 12.2. The molecular weight excluding hydrogens is 733 g/mol. The molecule has 0 saturated heterocycles. The van der Waals surface area contributed by atoms with Crippen LogP contribution < -0.4 is 5.73 Å². The predicted molar refractivity (Wildman–Crippen MR) is 183 cm³/mol. The Morgan fingerprint density at radius 1 is 0.627 bits per heavy atom. The molecule has 0 amide bonds.